The maximum atomic E-state index is 5.68. The molecular weight excluding hydrogens is 398 g/mol. The van der Waals surface area contributed by atoms with E-state index in [1.54, 1.807) is 0 Å². The predicted molar refractivity (Wildman–Crippen MR) is 129 cm³/mol. The Bertz CT molecular complexity index is 933. The first-order valence-corrected chi connectivity index (χ1v) is 11.4. The van der Waals surface area contributed by atoms with E-state index in [0.29, 0.717) is 18.0 Å². The van der Waals surface area contributed by atoms with Gasteiger partial charge in [-0.25, -0.2) is 0 Å². The van der Waals surface area contributed by atoms with Crippen molar-refractivity contribution in [3.05, 3.63) is 35.0 Å². The number of nitrogens with zero attached hydrogens (tertiary/aromatic N) is 2. The number of hydrogen-bond donors (Lipinski definition) is 3. The molecule has 2 aliphatic rings. The van der Waals surface area contributed by atoms with E-state index in [-0.39, 0.29) is 0 Å². The van der Waals surface area contributed by atoms with E-state index in [1.165, 1.54) is 22.0 Å². The topological polar surface area (TPSA) is 46.3 Å². The van der Waals surface area contributed by atoms with Gasteiger partial charge in [-0.2, -0.15) is 0 Å². The molecule has 29 heavy (non-hydrogen) atoms. The minimum absolute atomic E-state index is 0.364. The third-order valence-corrected chi connectivity index (χ3v) is 7.47. The summed E-state index contributed by atoms with van der Waals surface area (Å²) >= 11 is 11.3. The van der Waals surface area contributed by atoms with Gasteiger partial charge in [0.1, 0.15) is 4.99 Å². The normalized spacial score (nSPS) is 23.5. The molecule has 1 aliphatic heterocycles. The fraction of sp³-hybridized carbons (Fsp3) is 0.545. The van der Waals surface area contributed by atoms with E-state index in [0.717, 1.165) is 48.3 Å². The summed E-state index contributed by atoms with van der Waals surface area (Å²) in [5.41, 5.74) is 5.09. The van der Waals surface area contributed by atoms with Crippen LogP contribution in [0.4, 0.5) is 0 Å². The first-order valence-electron chi connectivity index (χ1n) is 10.6. The number of likely N-dealkylation sites (N-methyl/N-ethyl adjacent to an activating group) is 1. The van der Waals surface area contributed by atoms with Crippen molar-refractivity contribution in [3.63, 3.8) is 0 Å². The van der Waals surface area contributed by atoms with Gasteiger partial charge in [-0.3, -0.25) is 0 Å². The second-order valence-corrected chi connectivity index (χ2v) is 8.99. The number of aromatic amines is 1. The first-order chi connectivity index (χ1) is 14.0. The molecule has 2 heterocycles. The van der Waals surface area contributed by atoms with Crippen molar-refractivity contribution in [1.82, 2.24) is 25.4 Å². The summed E-state index contributed by atoms with van der Waals surface area (Å²) in [6.07, 6.45) is 2.13. The molecule has 7 heteroatoms. The average Bonchev–Trinajstić information content (AvgIpc) is 3.09. The molecule has 4 rings (SSSR count). The van der Waals surface area contributed by atoms with Crippen LogP contribution in [0.25, 0.3) is 10.9 Å². The fourth-order valence-corrected chi connectivity index (χ4v) is 5.83. The lowest BCUT2D eigenvalue weighted by Crippen LogP contribution is -2.56. The zero-order valence-electron chi connectivity index (χ0n) is 17.7. The van der Waals surface area contributed by atoms with E-state index >= 15 is 0 Å². The third kappa shape index (κ3) is 3.53. The Labute approximate surface area is 184 Å². The number of fused-ring (bicyclic) bond motifs is 2. The van der Waals surface area contributed by atoms with Gasteiger partial charge in [0.25, 0.3) is 0 Å². The van der Waals surface area contributed by atoms with Gasteiger partial charge in [0.05, 0.1) is 5.69 Å². The standard InChI is InChI=1S/C22H31N5S2/c1-5-27(6-2)22(29)24-13-10-15-14-8-7-9-17-19(14)16(11-18(15)26(4)12-13)20(25-17)21(28)23-3/h7-9,13,15,18,25H,5-6,10-12H2,1-4H3,(H,23,28)(H,24,29)/t13-,15?,18+/m0/s1. The van der Waals surface area contributed by atoms with Crippen molar-refractivity contribution >= 4 is 45.4 Å². The molecule has 0 radical (unpaired) electrons. The Kier molecular flexibility index (Phi) is 5.82. The van der Waals surface area contributed by atoms with E-state index in [1.807, 2.05) is 7.05 Å². The number of piperidine rings is 1. The van der Waals surface area contributed by atoms with Gasteiger partial charge in [-0.05, 0) is 63.1 Å². The third-order valence-electron chi connectivity index (χ3n) is 6.68. The Morgan fingerprint density at radius 2 is 2.03 bits per heavy atom. The number of rotatable bonds is 4. The molecule has 156 valence electrons. The van der Waals surface area contributed by atoms with Crippen molar-refractivity contribution in [1.29, 1.82) is 0 Å². The van der Waals surface area contributed by atoms with Gasteiger partial charge in [0, 0.05) is 55.6 Å². The monoisotopic (exact) mass is 429 g/mol. The quantitative estimate of drug-likeness (QED) is 0.650. The van der Waals surface area contributed by atoms with Crippen molar-refractivity contribution in [2.24, 2.45) is 0 Å². The van der Waals surface area contributed by atoms with Crippen LogP contribution in [0.5, 0.6) is 0 Å². The summed E-state index contributed by atoms with van der Waals surface area (Å²) in [6.45, 7) is 7.20. The zero-order valence-corrected chi connectivity index (χ0v) is 19.3. The molecule has 0 bridgehead atoms. The number of thiocarbonyl (C=S) groups is 2. The molecular formula is C22H31N5S2. The molecule has 0 saturated carbocycles. The summed E-state index contributed by atoms with van der Waals surface area (Å²) < 4.78 is 0. The van der Waals surface area contributed by atoms with Crippen LogP contribution in [-0.2, 0) is 6.42 Å². The van der Waals surface area contributed by atoms with Gasteiger partial charge in [-0.1, -0.05) is 24.4 Å². The fourth-order valence-electron chi connectivity index (χ4n) is 5.23. The highest BCUT2D eigenvalue weighted by Gasteiger charge is 2.40. The molecule has 3 N–H and O–H groups in total. The molecule has 1 unspecified atom stereocenters. The smallest absolute Gasteiger partial charge is 0.169 e. The van der Waals surface area contributed by atoms with Gasteiger partial charge in [0.2, 0.25) is 0 Å². The van der Waals surface area contributed by atoms with Crippen LogP contribution in [-0.4, -0.2) is 70.7 Å². The van der Waals surface area contributed by atoms with Gasteiger partial charge < -0.3 is 25.4 Å². The molecule has 1 aromatic heterocycles. The second kappa shape index (κ2) is 8.20. The van der Waals surface area contributed by atoms with E-state index in [2.05, 4.69) is 64.5 Å². The maximum absolute atomic E-state index is 5.68. The van der Waals surface area contributed by atoms with Crippen LogP contribution in [0.15, 0.2) is 18.2 Å². The van der Waals surface area contributed by atoms with Crippen molar-refractivity contribution in [3.8, 4) is 0 Å². The largest absolute Gasteiger partial charge is 0.378 e. The van der Waals surface area contributed by atoms with Crippen LogP contribution in [0.3, 0.4) is 0 Å². The summed E-state index contributed by atoms with van der Waals surface area (Å²) in [4.78, 5) is 9.11. The Hall–Kier alpha value is -1.70. The minimum Gasteiger partial charge on any atom is -0.378 e. The number of nitrogens with one attached hydrogen (secondary N) is 3. The number of aromatic nitrogens is 1. The highest BCUT2D eigenvalue weighted by atomic mass is 32.1. The number of H-pyrrole nitrogens is 1. The van der Waals surface area contributed by atoms with Crippen molar-refractivity contribution in [2.75, 3.05) is 33.7 Å². The maximum Gasteiger partial charge on any atom is 0.169 e. The molecule has 1 saturated heterocycles. The van der Waals surface area contributed by atoms with Gasteiger partial charge in [0.15, 0.2) is 5.11 Å². The molecule has 1 aliphatic carbocycles. The number of benzene rings is 1. The lowest BCUT2D eigenvalue weighted by molar-refractivity contribution is 0.133. The summed E-state index contributed by atoms with van der Waals surface area (Å²) in [6, 6.07) is 7.50. The SMILES string of the molecule is CCN(CC)C(=S)N[C@H]1CC2c3cccc4[nH]c(C(=S)NC)c(c34)C[C@H]2N(C)C1. The Morgan fingerprint density at radius 1 is 1.28 bits per heavy atom. The lowest BCUT2D eigenvalue weighted by Gasteiger charge is -2.46. The average molecular weight is 430 g/mol. The van der Waals surface area contributed by atoms with Crippen molar-refractivity contribution in [2.45, 2.75) is 44.7 Å². The van der Waals surface area contributed by atoms with Crippen LogP contribution in [0.2, 0.25) is 0 Å². The van der Waals surface area contributed by atoms with Crippen LogP contribution in [0.1, 0.15) is 43.0 Å². The first kappa shape index (κ1) is 20.6. The van der Waals surface area contributed by atoms with Crippen LogP contribution < -0.4 is 10.6 Å². The Morgan fingerprint density at radius 3 is 2.72 bits per heavy atom. The molecule has 2 aromatic rings. The second-order valence-electron chi connectivity index (χ2n) is 8.20. The molecule has 0 spiro atoms. The Balaban J connectivity index is 1.67. The van der Waals surface area contributed by atoms with E-state index in [4.69, 9.17) is 24.4 Å². The minimum atomic E-state index is 0.364. The summed E-state index contributed by atoms with van der Waals surface area (Å²) in [5.74, 6) is 0.494. The van der Waals surface area contributed by atoms with E-state index < -0.39 is 0 Å². The zero-order chi connectivity index (χ0) is 20.7. The highest BCUT2D eigenvalue weighted by Crippen LogP contribution is 2.44. The summed E-state index contributed by atoms with van der Waals surface area (Å²) in [7, 11) is 4.15. The van der Waals surface area contributed by atoms with Gasteiger partial charge >= 0.3 is 0 Å². The highest BCUT2D eigenvalue weighted by molar-refractivity contribution is 7.80. The van der Waals surface area contributed by atoms with Gasteiger partial charge in [-0.15, -0.1) is 0 Å². The molecule has 1 aromatic carbocycles. The molecule has 5 nitrogen and oxygen atoms in total. The summed E-state index contributed by atoms with van der Waals surface area (Å²) in [5, 5.41) is 9.06. The molecule has 1 fully saturated rings. The molecule has 0 amide bonds. The van der Waals surface area contributed by atoms with Crippen molar-refractivity contribution < 1.29 is 0 Å². The van der Waals surface area contributed by atoms with Crippen LogP contribution >= 0.6 is 24.4 Å². The van der Waals surface area contributed by atoms with Crippen LogP contribution in [0, 0.1) is 0 Å². The van der Waals surface area contributed by atoms with E-state index in [9.17, 15) is 0 Å². The predicted octanol–water partition coefficient (Wildman–Crippen LogP) is 2.99. The molecule has 3 atom stereocenters. The lowest BCUT2D eigenvalue weighted by atomic mass is 9.73. The number of likely N-dealkylation sites (tertiary alicyclic amines) is 1. The number of hydrogen-bond acceptors (Lipinski definition) is 3.